The summed E-state index contributed by atoms with van der Waals surface area (Å²) in [5, 5.41) is 29.4. The SMILES string of the molecule is COc1cc(/C=C(/C#N)c2cccc(C#N)c2)ccc1OCc1ccc([N+](=O)[O-])cc1. The highest BCUT2D eigenvalue weighted by atomic mass is 16.6. The van der Waals surface area contributed by atoms with E-state index in [4.69, 9.17) is 14.7 Å². The van der Waals surface area contributed by atoms with Gasteiger partial charge in [0, 0.05) is 12.1 Å². The van der Waals surface area contributed by atoms with Crippen molar-refractivity contribution in [3.63, 3.8) is 0 Å². The third-order valence-corrected chi connectivity index (χ3v) is 4.46. The first-order chi connectivity index (χ1) is 15.0. The van der Waals surface area contributed by atoms with Crippen LogP contribution >= 0.6 is 0 Å². The van der Waals surface area contributed by atoms with Gasteiger partial charge in [-0.3, -0.25) is 10.1 Å². The van der Waals surface area contributed by atoms with Gasteiger partial charge >= 0.3 is 0 Å². The topological polar surface area (TPSA) is 109 Å². The van der Waals surface area contributed by atoms with E-state index in [1.54, 1.807) is 60.7 Å². The Labute approximate surface area is 179 Å². The zero-order valence-corrected chi connectivity index (χ0v) is 16.6. The van der Waals surface area contributed by atoms with Crippen molar-refractivity contribution in [2.24, 2.45) is 0 Å². The average Bonchev–Trinajstić information content (AvgIpc) is 2.81. The molecule has 3 aromatic carbocycles. The number of nitrogens with zero attached hydrogens (tertiary/aromatic N) is 3. The number of hydrogen-bond donors (Lipinski definition) is 0. The minimum absolute atomic E-state index is 0.0195. The van der Waals surface area contributed by atoms with Crippen LogP contribution in [0.15, 0.2) is 66.7 Å². The number of nitriles is 2. The molecule has 3 rings (SSSR count). The van der Waals surface area contributed by atoms with Crippen LogP contribution in [-0.4, -0.2) is 12.0 Å². The lowest BCUT2D eigenvalue weighted by Crippen LogP contribution is -1.98. The summed E-state index contributed by atoms with van der Waals surface area (Å²) < 4.78 is 11.2. The van der Waals surface area contributed by atoms with E-state index in [9.17, 15) is 15.4 Å². The van der Waals surface area contributed by atoms with Gasteiger partial charge in [0.25, 0.3) is 5.69 Å². The Hall–Kier alpha value is -4.62. The molecule has 0 spiro atoms. The van der Waals surface area contributed by atoms with Gasteiger partial charge < -0.3 is 9.47 Å². The maximum Gasteiger partial charge on any atom is 0.269 e. The summed E-state index contributed by atoms with van der Waals surface area (Å²) in [4.78, 5) is 10.3. The van der Waals surface area contributed by atoms with E-state index in [1.165, 1.54) is 19.2 Å². The Kier molecular flexibility index (Phi) is 6.62. The zero-order valence-electron chi connectivity index (χ0n) is 16.6. The van der Waals surface area contributed by atoms with E-state index in [0.717, 1.165) is 11.1 Å². The van der Waals surface area contributed by atoms with Crippen molar-refractivity contribution in [3.8, 4) is 23.6 Å². The van der Waals surface area contributed by atoms with E-state index in [0.29, 0.717) is 28.2 Å². The van der Waals surface area contributed by atoms with Crippen LogP contribution in [0.3, 0.4) is 0 Å². The van der Waals surface area contributed by atoms with Crippen LogP contribution in [0.2, 0.25) is 0 Å². The van der Waals surface area contributed by atoms with Crippen molar-refractivity contribution in [1.82, 2.24) is 0 Å². The van der Waals surface area contributed by atoms with Gasteiger partial charge in [0.05, 0.1) is 35.3 Å². The first kappa shape index (κ1) is 21.1. The van der Waals surface area contributed by atoms with Crippen molar-refractivity contribution in [3.05, 3.63) is 99.1 Å². The molecule has 0 saturated heterocycles. The Morgan fingerprint density at radius 3 is 2.48 bits per heavy atom. The third kappa shape index (κ3) is 5.26. The van der Waals surface area contributed by atoms with E-state index < -0.39 is 4.92 Å². The van der Waals surface area contributed by atoms with Crippen molar-refractivity contribution < 1.29 is 14.4 Å². The van der Waals surface area contributed by atoms with Crippen LogP contribution < -0.4 is 9.47 Å². The van der Waals surface area contributed by atoms with Crippen molar-refractivity contribution in [2.75, 3.05) is 7.11 Å². The van der Waals surface area contributed by atoms with Gasteiger partial charge in [-0.05, 0) is 59.2 Å². The standard InChI is InChI=1S/C24H17N3O4/c1-30-24-13-18(11-21(15-26)20-4-2-3-19(12-20)14-25)7-10-23(24)31-16-17-5-8-22(9-6-17)27(28)29/h2-13H,16H2,1H3/b21-11-. The molecule has 31 heavy (non-hydrogen) atoms. The minimum atomic E-state index is -0.452. The fourth-order valence-electron chi connectivity index (χ4n) is 2.87. The number of non-ortho nitro benzene ring substituents is 1. The molecular weight excluding hydrogens is 394 g/mol. The molecule has 0 fully saturated rings. The van der Waals surface area contributed by atoms with Crippen LogP contribution in [0, 0.1) is 32.8 Å². The molecule has 152 valence electrons. The largest absolute Gasteiger partial charge is 0.493 e. The predicted octanol–water partition coefficient (Wildman–Crippen LogP) is 5.12. The molecule has 0 aromatic heterocycles. The molecular formula is C24H17N3O4. The maximum absolute atomic E-state index is 10.7. The number of nitro benzene ring substituents is 1. The molecule has 7 nitrogen and oxygen atoms in total. The lowest BCUT2D eigenvalue weighted by molar-refractivity contribution is -0.384. The number of allylic oxidation sites excluding steroid dienone is 1. The van der Waals surface area contributed by atoms with Crippen molar-refractivity contribution >= 4 is 17.3 Å². The lowest BCUT2D eigenvalue weighted by Gasteiger charge is -2.11. The lowest BCUT2D eigenvalue weighted by atomic mass is 10.0. The highest BCUT2D eigenvalue weighted by Gasteiger charge is 2.09. The maximum atomic E-state index is 10.7. The molecule has 7 heteroatoms. The van der Waals surface area contributed by atoms with Gasteiger partial charge in [-0.2, -0.15) is 10.5 Å². The summed E-state index contributed by atoms with van der Waals surface area (Å²) in [7, 11) is 1.52. The summed E-state index contributed by atoms with van der Waals surface area (Å²) in [5.74, 6) is 0.988. The molecule has 0 amide bonds. The van der Waals surface area contributed by atoms with Crippen molar-refractivity contribution in [2.45, 2.75) is 6.61 Å². The molecule has 0 aliphatic heterocycles. The van der Waals surface area contributed by atoms with Crippen LogP contribution in [-0.2, 0) is 6.61 Å². The first-order valence-electron chi connectivity index (χ1n) is 9.20. The summed E-state index contributed by atoms with van der Waals surface area (Å²) in [6.07, 6.45) is 1.71. The number of methoxy groups -OCH3 is 1. The molecule has 0 heterocycles. The van der Waals surface area contributed by atoms with Gasteiger partial charge in [-0.15, -0.1) is 0 Å². The number of nitro groups is 1. The Morgan fingerprint density at radius 1 is 1.06 bits per heavy atom. The Bertz CT molecular complexity index is 1220. The highest BCUT2D eigenvalue weighted by molar-refractivity contribution is 5.90. The Balaban J connectivity index is 1.80. The number of benzene rings is 3. The van der Waals surface area contributed by atoms with Gasteiger partial charge in [-0.1, -0.05) is 18.2 Å². The molecule has 0 atom stereocenters. The monoisotopic (exact) mass is 411 g/mol. The van der Waals surface area contributed by atoms with Crippen LogP contribution in [0.25, 0.3) is 11.6 Å². The van der Waals surface area contributed by atoms with Crippen LogP contribution in [0.1, 0.15) is 22.3 Å². The smallest absolute Gasteiger partial charge is 0.269 e. The molecule has 3 aromatic rings. The highest BCUT2D eigenvalue weighted by Crippen LogP contribution is 2.30. The second-order valence-electron chi connectivity index (χ2n) is 6.48. The van der Waals surface area contributed by atoms with Gasteiger partial charge in [0.1, 0.15) is 6.61 Å². The molecule has 0 N–H and O–H groups in total. The number of rotatable bonds is 7. The number of hydrogen-bond acceptors (Lipinski definition) is 6. The van der Waals surface area contributed by atoms with E-state index in [2.05, 4.69) is 12.1 Å². The minimum Gasteiger partial charge on any atom is -0.493 e. The second kappa shape index (κ2) is 9.73. The van der Waals surface area contributed by atoms with Gasteiger partial charge in [0.2, 0.25) is 0 Å². The predicted molar refractivity (Wildman–Crippen MR) is 115 cm³/mol. The number of ether oxygens (including phenoxy) is 2. The summed E-state index contributed by atoms with van der Waals surface area (Å²) in [5.41, 5.74) is 3.08. The quantitative estimate of drug-likeness (QED) is 0.231. The molecule has 0 aliphatic carbocycles. The van der Waals surface area contributed by atoms with E-state index in [-0.39, 0.29) is 12.3 Å². The summed E-state index contributed by atoms with van der Waals surface area (Å²) >= 11 is 0. The van der Waals surface area contributed by atoms with Crippen LogP contribution in [0.5, 0.6) is 11.5 Å². The molecule has 0 bridgehead atoms. The van der Waals surface area contributed by atoms with Crippen molar-refractivity contribution in [1.29, 1.82) is 10.5 Å². The second-order valence-corrected chi connectivity index (χ2v) is 6.48. The van der Waals surface area contributed by atoms with E-state index >= 15 is 0 Å². The fourth-order valence-corrected chi connectivity index (χ4v) is 2.87. The van der Waals surface area contributed by atoms with Crippen LogP contribution in [0.4, 0.5) is 5.69 Å². The fraction of sp³-hybridized carbons (Fsp3) is 0.0833. The molecule has 0 saturated carbocycles. The average molecular weight is 411 g/mol. The zero-order chi connectivity index (χ0) is 22.2. The van der Waals surface area contributed by atoms with Gasteiger partial charge in [-0.25, -0.2) is 0 Å². The third-order valence-electron chi connectivity index (χ3n) is 4.46. The first-order valence-corrected chi connectivity index (χ1v) is 9.20. The summed E-state index contributed by atoms with van der Waals surface area (Å²) in [6.45, 7) is 0.216. The molecule has 0 aliphatic rings. The summed E-state index contributed by atoms with van der Waals surface area (Å²) in [6, 6.07) is 22.5. The van der Waals surface area contributed by atoms with E-state index in [1.807, 2.05) is 0 Å². The molecule has 0 radical (unpaired) electrons. The molecule has 0 unspecified atom stereocenters. The normalized spacial score (nSPS) is 10.6. The van der Waals surface area contributed by atoms with Gasteiger partial charge in [0.15, 0.2) is 11.5 Å². The Morgan fingerprint density at radius 2 is 1.84 bits per heavy atom.